The molecular formula is C13H16ClN3O2. The van der Waals surface area contributed by atoms with Crippen molar-refractivity contribution in [2.75, 3.05) is 13.1 Å². The van der Waals surface area contributed by atoms with Crippen LogP contribution in [0.2, 0.25) is 5.02 Å². The van der Waals surface area contributed by atoms with Gasteiger partial charge in [-0.2, -0.15) is 5.10 Å². The van der Waals surface area contributed by atoms with Crippen molar-refractivity contribution in [3.63, 3.8) is 0 Å². The van der Waals surface area contributed by atoms with Gasteiger partial charge in [0, 0.05) is 23.7 Å². The summed E-state index contributed by atoms with van der Waals surface area (Å²) in [5.41, 5.74) is 2.85. The predicted octanol–water partition coefficient (Wildman–Crippen LogP) is 1.66. The lowest BCUT2D eigenvalue weighted by Crippen LogP contribution is -2.41. The van der Waals surface area contributed by atoms with Crippen LogP contribution in [-0.2, 0) is 9.59 Å². The second kappa shape index (κ2) is 7.53. The highest BCUT2D eigenvalue weighted by atomic mass is 35.5. The minimum atomic E-state index is -0.757. The summed E-state index contributed by atoms with van der Waals surface area (Å²) in [4.78, 5) is 24.6. The number of nitrogens with one attached hydrogen (secondary N) is 1. The third kappa shape index (κ3) is 4.37. The summed E-state index contributed by atoms with van der Waals surface area (Å²) in [6.07, 6.45) is 1.40. The van der Waals surface area contributed by atoms with Gasteiger partial charge < -0.3 is 4.90 Å². The number of hydrazone groups is 1. The van der Waals surface area contributed by atoms with Crippen LogP contribution in [0, 0.1) is 0 Å². The van der Waals surface area contributed by atoms with Crippen LogP contribution in [0.4, 0.5) is 0 Å². The number of hydrogen-bond donors (Lipinski definition) is 1. The topological polar surface area (TPSA) is 61.8 Å². The number of rotatable bonds is 4. The van der Waals surface area contributed by atoms with Gasteiger partial charge in [-0.1, -0.05) is 29.8 Å². The molecule has 1 rings (SSSR count). The van der Waals surface area contributed by atoms with Crippen molar-refractivity contribution in [2.45, 2.75) is 13.8 Å². The van der Waals surface area contributed by atoms with E-state index in [1.807, 2.05) is 13.8 Å². The van der Waals surface area contributed by atoms with Gasteiger partial charge in [-0.25, -0.2) is 5.43 Å². The van der Waals surface area contributed by atoms with E-state index >= 15 is 0 Å². The van der Waals surface area contributed by atoms with E-state index in [4.69, 9.17) is 11.6 Å². The Balaban J connectivity index is 2.60. The smallest absolute Gasteiger partial charge is 0.329 e. The molecule has 0 bridgehead atoms. The molecule has 0 unspecified atom stereocenters. The van der Waals surface area contributed by atoms with Crippen LogP contribution >= 0.6 is 11.6 Å². The van der Waals surface area contributed by atoms with Crippen molar-refractivity contribution in [1.29, 1.82) is 0 Å². The van der Waals surface area contributed by atoms with Crippen LogP contribution in [-0.4, -0.2) is 36.0 Å². The van der Waals surface area contributed by atoms with Crippen LogP contribution in [0.1, 0.15) is 19.4 Å². The maximum atomic E-state index is 11.6. The SMILES string of the molecule is CCN(CC)C(=O)C(=O)N/N=C\c1ccccc1Cl. The lowest BCUT2D eigenvalue weighted by Gasteiger charge is -2.16. The van der Waals surface area contributed by atoms with Gasteiger partial charge in [0.1, 0.15) is 0 Å². The second-order valence-electron chi connectivity index (χ2n) is 3.70. The Bertz CT molecular complexity index is 485. The normalized spacial score (nSPS) is 10.5. The number of halogens is 1. The first-order valence-electron chi connectivity index (χ1n) is 5.97. The lowest BCUT2D eigenvalue weighted by atomic mass is 10.2. The maximum Gasteiger partial charge on any atom is 0.329 e. The monoisotopic (exact) mass is 281 g/mol. The van der Waals surface area contributed by atoms with E-state index in [0.717, 1.165) is 0 Å². The zero-order valence-electron chi connectivity index (χ0n) is 10.9. The van der Waals surface area contributed by atoms with Gasteiger partial charge in [-0.15, -0.1) is 0 Å². The van der Waals surface area contributed by atoms with Crippen LogP contribution in [0.5, 0.6) is 0 Å². The van der Waals surface area contributed by atoms with Crippen molar-refractivity contribution < 1.29 is 9.59 Å². The van der Waals surface area contributed by atoms with Gasteiger partial charge in [0.25, 0.3) is 0 Å². The van der Waals surface area contributed by atoms with Crippen LogP contribution < -0.4 is 5.43 Å². The number of likely N-dealkylation sites (N-methyl/N-ethyl adjacent to an activating group) is 1. The van der Waals surface area contributed by atoms with Crippen molar-refractivity contribution in [2.24, 2.45) is 5.10 Å². The highest BCUT2D eigenvalue weighted by Gasteiger charge is 2.18. The molecule has 6 heteroatoms. The third-order valence-electron chi connectivity index (χ3n) is 2.52. The maximum absolute atomic E-state index is 11.6. The quantitative estimate of drug-likeness (QED) is 0.518. The fraction of sp³-hybridized carbons (Fsp3) is 0.308. The number of benzene rings is 1. The Kier molecular flexibility index (Phi) is 6.02. The largest absolute Gasteiger partial charge is 0.335 e. The van der Waals surface area contributed by atoms with E-state index in [0.29, 0.717) is 23.7 Å². The molecule has 0 spiro atoms. The van der Waals surface area contributed by atoms with Gasteiger partial charge in [-0.05, 0) is 19.9 Å². The molecule has 0 aromatic heterocycles. The zero-order valence-corrected chi connectivity index (χ0v) is 11.6. The summed E-state index contributed by atoms with van der Waals surface area (Å²) in [7, 11) is 0. The third-order valence-corrected chi connectivity index (χ3v) is 2.86. The summed E-state index contributed by atoms with van der Waals surface area (Å²) in [5.74, 6) is -1.35. The average Bonchev–Trinajstić information content (AvgIpc) is 2.42. The molecule has 0 fully saturated rings. The standard InChI is InChI=1S/C13H16ClN3O2/c1-3-17(4-2)13(19)12(18)16-15-9-10-7-5-6-8-11(10)14/h5-9H,3-4H2,1-2H3,(H,16,18)/b15-9-. The molecule has 1 aromatic rings. The zero-order chi connectivity index (χ0) is 14.3. The number of amides is 2. The molecule has 0 aliphatic heterocycles. The van der Waals surface area contributed by atoms with Gasteiger partial charge in [-0.3, -0.25) is 9.59 Å². The molecular weight excluding hydrogens is 266 g/mol. The molecule has 0 saturated carbocycles. The Labute approximate surface area is 117 Å². The van der Waals surface area contributed by atoms with E-state index in [-0.39, 0.29) is 0 Å². The second-order valence-corrected chi connectivity index (χ2v) is 4.11. The van der Waals surface area contributed by atoms with Crippen molar-refractivity contribution in [3.8, 4) is 0 Å². The first kappa shape index (κ1) is 15.2. The molecule has 0 aliphatic rings. The molecule has 1 aromatic carbocycles. The number of carbonyl (C=O) groups excluding carboxylic acids is 2. The first-order valence-corrected chi connectivity index (χ1v) is 6.34. The average molecular weight is 282 g/mol. The van der Waals surface area contributed by atoms with Crippen LogP contribution in [0.25, 0.3) is 0 Å². The van der Waals surface area contributed by atoms with Crippen molar-refractivity contribution >= 4 is 29.6 Å². The number of hydrogen-bond acceptors (Lipinski definition) is 3. The van der Waals surface area contributed by atoms with E-state index in [9.17, 15) is 9.59 Å². The van der Waals surface area contributed by atoms with E-state index in [1.165, 1.54) is 11.1 Å². The fourth-order valence-corrected chi connectivity index (χ4v) is 1.63. The van der Waals surface area contributed by atoms with E-state index in [1.54, 1.807) is 24.3 Å². The van der Waals surface area contributed by atoms with Crippen molar-refractivity contribution in [1.82, 2.24) is 10.3 Å². The summed E-state index contributed by atoms with van der Waals surface area (Å²) in [6.45, 7) is 4.58. The molecule has 5 nitrogen and oxygen atoms in total. The first-order chi connectivity index (χ1) is 9.10. The molecule has 19 heavy (non-hydrogen) atoms. The van der Waals surface area contributed by atoms with Crippen LogP contribution in [0.15, 0.2) is 29.4 Å². The van der Waals surface area contributed by atoms with Gasteiger partial charge in [0.05, 0.1) is 6.21 Å². The molecule has 0 heterocycles. The number of carbonyl (C=O) groups is 2. The van der Waals surface area contributed by atoms with Gasteiger partial charge in [0.15, 0.2) is 0 Å². The summed E-state index contributed by atoms with van der Waals surface area (Å²) in [5, 5.41) is 4.24. The molecule has 0 atom stereocenters. The minimum Gasteiger partial charge on any atom is -0.335 e. The summed E-state index contributed by atoms with van der Waals surface area (Å²) >= 11 is 5.92. The fourth-order valence-electron chi connectivity index (χ4n) is 1.44. The van der Waals surface area contributed by atoms with E-state index in [2.05, 4.69) is 10.5 Å². The highest BCUT2D eigenvalue weighted by molar-refractivity contribution is 6.35. The Morgan fingerprint density at radius 3 is 2.53 bits per heavy atom. The highest BCUT2D eigenvalue weighted by Crippen LogP contribution is 2.11. The summed E-state index contributed by atoms with van der Waals surface area (Å²) < 4.78 is 0. The van der Waals surface area contributed by atoms with E-state index < -0.39 is 11.8 Å². The Morgan fingerprint density at radius 1 is 1.32 bits per heavy atom. The minimum absolute atomic E-state index is 0.483. The Morgan fingerprint density at radius 2 is 1.95 bits per heavy atom. The van der Waals surface area contributed by atoms with Crippen LogP contribution in [0.3, 0.4) is 0 Å². The molecule has 0 saturated heterocycles. The molecule has 0 aliphatic carbocycles. The molecule has 2 amide bonds. The Hall–Kier alpha value is -1.88. The predicted molar refractivity (Wildman–Crippen MR) is 75.1 cm³/mol. The molecule has 102 valence electrons. The van der Waals surface area contributed by atoms with Gasteiger partial charge >= 0.3 is 11.8 Å². The number of nitrogens with zero attached hydrogens (tertiary/aromatic N) is 2. The lowest BCUT2D eigenvalue weighted by molar-refractivity contribution is -0.145. The van der Waals surface area contributed by atoms with Crippen molar-refractivity contribution in [3.05, 3.63) is 34.9 Å². The molecule has 0 radical (unpaired) electrons. The molecule has 1 N–H and O–H groups in total. The van der Waals surface area contributed by atoms with Gasteiger partial charge in [0.2, 0.25) is 0 Å². The summed E-state index contributed by atoms with van der Waals surface area (Å²) in [6, 6.07) is 7.06.